The highest BCUT2D eigenvalue weighted by Gasteiger charge is 2.30. The third-order valence-corrected chi connectivity index (χ3v) is 5.38. The van der Waals surface area contributed by atoms with E-state index < -0.39 is 0 Å². The number of fused-ring (bicyclic) bond motifs is 2. The Balaban J connectivity index is 1.56. The van der Waals surface area contributed by atoms with Crippen LogP contribution in [-0.4, -0.2) is 50.4 Å². The molecule has 1 amide bonds. The van der Waals surface area contributed by atoms with Crippen molar-refractivity contribution in [1.29, 1.82) is 0 Å². The summed E-state index contributed by atoms with van der Waals surface area (Å²) in [4.78, 5) is 31.1. The van der Waals surface area contributed by atoms with Gasteiger partial charge in [-0.15, -0.1) is 0 Å². The monoisotopic (exact) mass is 387 g/mol. The van der Waals surface area contributed by atoms with Gasteiger partial charge in [-0.1, -0.05) is 18.2 Å². The van der Waals surface area contributed by atoms with Crippen molar-refractivity contribution in [3.63, 3.8) is 0 Å². The van der Waals surface area contributed by atoms with Crippen LogP contribution in [0.4, 0.5) is 5.69 Å². The molecule has 8 nitrogen and oxygen atoms in total. The summed E-state index contributed by atoms with van der Waals surface area (Å²) in [5, 5.41) is 4.12. The number of benzene rings is 2. The summed E-state index contributed by atoms with van der Waals surface area (Å²) < 4.78 is 0. The molecule has 0 radical (unpaired) electrons. The van der Waals surface area contributed by atoms with E-state index in [0.29, 0.717) is 25.2 Å². The van der Waals surface area contributed by atoms with Crippen molar-refractivity contribution in [3.8, 4) is 0 Å². The van der Waals surface area contributed by atoms with E-state index >= 15 is 0 Å². The van der Waals surface area contributed by atoms with Crippen molar-refractivity contribution in [2.24, 2.45) is 0 Å². The zero-order valence-electron chi connectivity index (χ0n) is 15.8. The number of imidazole rings is 1. The molecule has 0 aliphatic carbocycles. The summed E-state index contributed by atoms with van der Waals surface area (Å²) >= 11 is 0. The largest absolute Gasteiger partial charge is 0.397 e. The van der Waals surface area contributed by atoms with E-state index in [1.807, 2.05) is 35.2 Å². The number of nitrogen functional groups attached to an aromatic ring is 1. The molecule has 29 heavy (non-hydrogen) atoms. The van der Waals surface area contributed by atoms with Gasteiger partial charge in [-0.2, -0.15) is 0 Å². The molecule has 0 saturated carbocycles. The second-order valence-electron chi connectivity index (χ2n) is 7.27. The van der Waals surface area contributed by atoms with Crippen LogP contribution in [0.2, 0.25) is 0 Å². The minimum Gasteiger partial charge on any atom is -0.397 e. The number of carbonyl (C=O) groups is 1. The maximum atomic E-state index is 12.7. The minimum absolute atomic E-state index is 0.0674. The Morgan fingerprint density at radius 3 is 3.03 bits per heavy atom. The molecule has 3 heterocycles. The highest BCUT2D eigenvalue weighted by molar-refractivity contribution is 5.87. The van der Waals surface area contributed by atoms with Gasteiger partial charge in [0.15, 0.2) is 0 Å². The molecule has 1 aliphatic heterocycles. The molecule has 1 fully saturated rings. The fraction of sp³-hybridized carbons (Fsp3) is 0.238. The number of piperazine rings is 1. The topological polar surface area (TPSA) is 113 Å². The summed E-state index contributed by atoms with van der Waals surface area (Å²) in [6.45, 7) is 1.73. The number of hydrogen-bond donors (Lipinski definition) is 3. The van der Waals surface area contributed by atoms with Crippen molar-refractivity contribution in [3.05, 3.63) is 60.3 Å². The van der Waals surface area contributed by atoms with Crippen LogP contribution in [0.5, 0.6) is 0 Å². The van der Waals surface area contributed by atoms with Crippen LogP contribution in [0.3, 0.4) is 0 Å². The molecule has 1 aliphatic rings. The molecule has 0 bridgehead atoms. The van der Waals surface area contributed by atoms with Crippen LogP contribution in [0.1, 0.15) is 17.4 Å². The second-order valence-corrected chi connectivity index (χ2v) is 7.27. The number of amides is 1. The van der Waals surface area contributed by atoms with E-state index in [9.17, 15) is 4.79 Å². The molecular formula is C21H21N7O. The first kappa shape index (κ1) is 17.6. The first-order valence-corrected chi connectivity index (χ1v) is 9.62. The second kappa shape index (κ2) is 7.14. The number of nitrogens with zero attached hydrogens (tertiary/aromatic N) is 4. The molecule has 8 heteroatoms. The molecular weight excluding hydrogens is 366 g/mol. The van der Waals surface area contributed by atoms with Crippen LogP contribution in [0.25, 0.3) is 21.9 Å². The predicted octanol–water partition coefficient (Wildman–Crippen LogP) is 1.80. The number of hydrogen-bond acceptors (Lipinski definition) is 6. The zero-order valence-corrected chi connectivity index (χ0v) is 15.8. The molecule has 0 spiro atoms. The number of H-pyrrole nitrogens is 1. The average molecular weight is 387 g/mol. The number of rotatable bonds is 4. The summed E-state index contributed by atoms with van der Waals surface area (Å²) in [5.41, 5.74) is 10.3. The lowest BCUT2D eigenvalue weighted by molar-refractivity contribution is -0.134. The van der Waals surface area contributed by atoms with Crippen LogP contribution >= 0.6 is 0 Å². The minimum atomic E-state index is -0.212. The normalized spacial score (nSPS) is 15.9. The molecule has 2 aromatic carbocycles. The van der Waals surface area contributed by atoms with Crippen LogP contribution in [-0.2, 0) is 11.2 Å². The molecule has 1 saturated heterocycles. The highest BCUT2D eigenvalue weighted by Crippen LogP contribution is 2.28. The Bertz CT molecular complexity index is 1200. The highest BCUT2D eigenvalue weighted by atomic mass is 16.2. The van der Waals surface area contributed by atoms with Gasteiger partial charge in [0.05, 0.1) is 29.3 Å². The molecule has 4 N–H and O–H groups in total. The van der Waals surface area contributed by atoms with Gasteiger partial charge in [0.1, 0.15) is 17.7 Å². The lowest BCUT2D eigenvalue weighted by Gasteiger charge is -2.34. The lowest BCUT2D eigenvalue weighted by Crippen LogP contribution is -2.50. The van der Waals surface area contributed by atoms with Gasteiger partial charge in [0.25, 0.3) is 0 Å². The van der Waals surface area contributed by atoms with Gasteiger partial charge in [0, 0.05) is 31.1 Å². The van der Waals surface area contributed by atoms with Crippen molar-refractivity contribution in [2.45, 2.75) is 12.5 Å². The standard InChI is InChI=1S/C21H21N7O/c22-15-2-1-3-16-20(15)27-21(26-16)18(28-7-6-23-11-19(28)29)9-13-4-5-14-10-24-12-25-17(14)8-13/h1-5,8,10,12,18,23H,6-7,9,11,22H2,(H,26,27). The van der Waals surface area contributed by atoms with Crippen molar-refractivity contribution < 1.29 is 4.79 Å². The van der Waals surface area contributed by atoms with Crippen molar-refractivity contribution in [2.75, 3.05) is 25.4 Å². The van der Waals surface area contributed by atoms with E-state index in [-0.39, 0.29) is 11.9 Å². The maximum absolute atomic E-state index is 12.7. The molecule has 4 aromatic rings. The molecule has 146 valence electrons. The third kappa shape index (κ3) is 3.27. The van der Waals surface area contributed by atoms with Crippen molar-refractivity contribution >= 4 is 33.5 Å². The van der Waals surface area contributed by atoms with E-state index in [2.05, 4.69) is 26.3 Å². The van der Waals surface area contributed by atoms with E-state index in [1.165, 1.54) is 0 Å². The van der Waals surface area contributed by atoms with Gasteiger partial charge in [-0.25, -0.2) is 15.0 Å². The van der Waals surface area contributed by atoms with E-state index in [0.717, 1.165) is 39.9 Å². The van der Waals surface area contributed by atoms with E-state index in [4.69, 9.17) is 10.7 Å². The Labute approximate surface area is 167 Å². The Morgan fingerprint density at radius 1 is 1.24 bits per heavy atom. The first-order chi connectivity index (χ1) is 14.2. The number of nitrogens with one attached hydrogen (secondary N) is 2. The molecule has 2 aromatic heterocycles. The zero-order chi connectivity index (χ0) is 19.8. The summed E-state index contributed by atoms with van der Waals surface area (Å²) in [5.74, 6) is 0.814. The van der Waals surface area contributed by atoms with Crippen LogP contribution in [0.15, 0.2) is 48.9 Å². The summed E-state index contributed by atoms with van der Waals surface area (Å²) in [6, 6.07) is 11.6. The molecule has 5 rings (SSSR count). The number of carbonyl (C=O) groups excluding carboxylic acids is 1. The average Bonchev–Trinajstić information content (AvgIpc) is 3.18. The lowest BCUT2D eigenvalue weighted by atomic mass is 10.0. The van der Waals surface area contributed by atoms with Gasteiger partial charge < -0.3 is 20.9 Å². The number of aromatic amines is 1. The summed E-state index contributed by atoms with van der Waals surface area (Å²) in [7, 11) is 0. The Kier molecular flexibility index (Phi) is 4.33. The fourth-order valence-corrected chi connectivity index (χ4v) is 3.91. The fourth-order valence-electron chi connectivity index (χ4n) is 3.91. The summed E-state index contributed by atoms with van der Waals surface area (Å²) in [6.07, 6.45) is 3.97. The first-order valence-electron chi connectivity index (χ1n) is 9.62. The van der Waals surface area contributed by atoms with Crippen LogP contribution in [0, 0.1) is 0 Å². The number of aromatic nitrogens is 4. The van der Waals surface area contributed by atoms with Gasteiger partial charge >= 0.3 is 0 Å². The van der Waals surface area contributed by atoms with Gasteiger partial charge in [-0.3, -0.25) is 4.79 Å². The maximum Gasteiger partial charge on any atom is 0.237 e. The Hall–Kier alpha value is -3.52. The SMILES string of the molecule is Nc1cccc2[nH]c(C(Cc3ccc4cncnc4c3)N3CCNCC3=O)nc12. The number of nitrogens with two attached hydrogens (primary N) is 1. The number of para-hydroxylation sites is 1. The smallest absolute Gasteiger partial charge is 0.237 e. The van der Waals surface area contributed by atoms with E-state index in [1.54, 1.807) is 12.5 Å². The number of anilines is 1. The molecule has 1 unspecified atom stereocenters. The van der Waals surface area contributed by atoms with Gasteiger partial charge in [-0.05, 0) is 23.8 Å². The third-order valence-electron chi connectivity index (χ3n) is 5.38. The predicted molar refractivity (Wildman–Crippen MR) is 111 cm³/mol. The quantitative estimate of drug-likeness (QED) is 0.460. The van der Waals surface area contributed by atoms with Crippen molar-refractivity contribution in [1.82, 2.24) is 30.2 Å². The van der Waals surface area contributed by atoms with Gasteiger partial charge in [0.2, 0.25) is 5.91 Å². The van der Waals surface area contributed by atoms with Crippen LogP contribution < -0.4 is 11.1 Å². The molecule has 1 atom stereocenters. The Morgan fingerprint density at radius 2 is 2.17 bits per heavy atom.